The number of carbonyl (C=O) groups is 1. The monoisotopic (exact) mass is 444 g/mol. The summed E-state index contributed by atoms with van der Waals surface area (Å²) in [6.07, 6.45) is -1.30. The molecule has 0 spiro atoms. The number of carbonyl (C=O) groups excluding carboxylic acids is 1. The number of hydrogen-bond acceptors (Lipinski definition) is 6. The van der Waals surface area contributed by atoms with Gasteiger partial charge in [0.1, 0.15) is 23.3 Å². The molecular weight excluding hydrogens is 421 g/mol. The highest BCUT2D eigenvalue weighted by molar-refractivity contribution is 5.91. The third kappa shape index (κ3) is 4.30. The molecule has 2 atom stereocenters. The summed E-state index contributed by atoms with van der Waals surface area (Å²) < 4.78 is 40.9. The average Bonchev–Trinajstić information content (AvgIpc) is 2.72. The minimum Gasteiger partial charge on any atom is -0.363 e. The highest BCUT2D eigenvalue weighted by Crippen LogP contribution is 2.31. The van der Waals surface area contributed by atoms with E-state index >= 15 is 0 Å². The van der Waals surface area contributed by atoms with Crippen molar-refractivity contribution in [2.75, 3.05) is 23.3 Å². The van der Waals surface area contributed by atoms with E-state index in [-0.39, 0.29) is 24.1 Å². The lowest BCUT2D eigenvalue weighted by Gasteiger charge is -2.32. The Labute approximate surface area is 183 Å². The molecule has 168 valence electrons. The lowest BCUT2D eigenvalue weighted by molar-refractivity contribution is -0.121. The van der Waals surface area contributed by atoms with Gasteiger partial charge in [0.25, 0.3) is 6.43 Å². The molecule has 1 aliphatic heterocycles. The van der Waals surface area contributed by atoms with Crippen molar-refractivity contribution in [3.8, 4) is 0 Å². The number of nitrogens with one attached hydrogen (secondary N) is 2. The van der Waals surface area contributed by atoms with Crippen molar-refractivity contribution in [2.45, 2.75) is 39.3 Å². The summed E-state index contributed by atoms with van der Waals surface area (Å²) in [5.74, 6) is 0.475. The van der Waals surface area contributed by atoms with E-state index in [1.807, 2.05) is 11.8 Å². The molecule has 3 aromatic rings. The standard InChI is InChI=1S/C22H23F3N6O/c1-11-9-31(10-19(32)27-11)18-7-16-17(8-26-18)29-13(3)30-22(16)28-12(2)14-5-4-6-15(20(14)23)21(24)25/h4-8,11-12,21H,9-10H2,1-3H3,(H,27,32)(H,28,29,30)/t11-,12+/m0/s1. The van der Waals surface area contributed by atoms with Crippen molar-refractivity contribution in [3.05, 3.63) is 53.2 Å². The number of amides is 1. The van der Waals surface area contributed by atoms with Gasteiger partial charge in [0.15, 0.2) is 0 Å². The van der Waals surface area contributed by atoms with Crippen LogP contribution in [0.15, 0.2) is 30.5 Å². The van der Waals surface area contributed by atoms with Crippen molar-refractivity contribution >= 4 is 28.4 Å². The quantitative estimate of drug-likeness (QED) is 0.621. The maximum absolute atomic E-state index is 14.6. The average molecular weight is 444 g/mol. The second kappa shape index (κ2) is 8.60. The molecule has 1 aliphatic rings. The highest BCUT2D eigenvalue weighted by Gasteiger charge is 2.24. The molecule has 1 amide bonds. The number of fused-ring (bicyclic) bond motifs is 1. The molecule has 0 aliphatic carbocycles. The maximum atomic E-state index is 14.6. The van der Waals surface area contributed by atoms with Gasteiger partial charge >= 0.3 is 0 Å². The Morgan fingerprint density at radius 1 is 1.25 bits per heavy atom. The zero-order valence-corrected chi connectivity index (χ0v) is 17.9. The molecule has 2 N–H and O–H groups in total. The molecule has 0 saturated carbocycles. The summed E-state index contributed by atoms with van der Waals surface area (Å²) >= 11 is 0. The fourth-order valence-corrected chi connectivity index (χ4v) is 3.88. The summed E-state index contributed by atoms with van der Waals surface area (Å²) in [7, 11) is 0. The van der Waals surface area contributed by atoms with Crippen molar-refractivity contribution in [1.82, 2.24) is 20.3 Å². The molecule has 4 rings (SSSR count). The number of pyridine rings is 1. The summed E-state index contributed by atoms with van der Waals surface area (Å²) in [6, 6.07) is 5.08. The van der Waals surface area contributed by atoms with Crippen LogP contribution in [0.2, 0.25) is 0 Å². The van der Waals surface area contributed by atoms with Crippen LogP contribution in [0.4, 0.5) is 24.8 Å². The predicted molar refractivity (Wildman–Crippen MR) is 115 cm³/mol. The number of halogens is 3. The topological polar surface area (TPSA) is 83.0 Å². The summed E-state index contributed by atoms with van der Waals surface area (Å²) in [6.45, 7) is 6.09. The fourth-order valence-electron chi connectivity index (χ4n) is 3.88. The van der Waals surface area contributed by atoms with Crippen LogP contribution >= 0.6 is 0 Å². The molecule has 10 heteroatoms. The van der Waals surface area contributed by atoms with E-state index in [2.05, 4.69) is 25.6 Å². The minimum absolute atomic E-state index is 0.0225. The van der Waals surface area contributed by atoms with E-state index in [0.717, 1.165) is 6.07 Å². The third-order valence-corrected chi connectivity index (χ3v) is 5.35. The number of aryl methyl sites for hydroxylation is 1. The van der Waals surface area contributed by atoms with Crippen LogP contribution in [0.5, 0.6) is 0 Å². The Bertz CT molecular complexity index is 1170. The molecule has 1 aromatic carbocycles. The van der Waals surface area contributed by atoms with E-state index in [1.165, 1.54) is 12.1 Å². The normalized spacial score (nSPS) is 17.5. The lowest BCUT2D eigenvalue weighted by Crippen LogP contribution is -2.53. The first kappa shape index (κ1) is 21.8. The number of aromatic nitrogens is 3. The second-order valence-corrected chi connectivity index (χ2v) is 7.95. The molecule has 7 nitrogen and oxygen atoms in total. The summed E-state index contributed by atoms with van der Waals surface area (Å²) in [5, 5.41) is 6.63. The largest absolute Gasteiger partial charge is 0.363 e. The lowest BCUT2D eigenvalue weighted by atomic mass is 10.0. The van der Waals surface area contributed by atoms with E-state index in [4.69, 9.17) is 0 Å². The molecule has 32 heavy (non-hydrogen) atoms. The van der Waals surface area contributed by atoms with Crippen LogP contribution in [0, 0.1) is 12.7 Å². The van der Waals surface area contributed by atoms with E-state index < -0.39 is 23.8 Å². The van der Waals surface area contributed by atoms with Gasteiger partial charge in [-0.15, -0.1) is 0 Å². The van der Waals surface area contributed by atoms with Crippen LogP contribution in [-0.4, -0.2) is 40.0 Å². The number of benzene rings is 1. The zero-order chi connectivity index (χ0) is 23.0. The number of piperazine rings is 1. The van der Waals surface area contributed by atoms with Gasteiger partial charge in [-0.05, 0) is 26.8 Å². The SMILES string of the molecule is Cc1nc(N[C@H](C)c2cccc(C(F)F)c2F)c2cc(N3CC(=O)N[C@@H](C)C3)ncc2n1. The van der Waals surface area contributed by atoms with E-state index in [1.54, 1.807) is 26.1 Å². The van der Waals surface area contributed by atoms with Crippen molar-refractivity contribution < 1.29 is 18.0 Å². The van der Waals surface area contributed by atoms with Gasteiger partial charge in [0, 0.05) is 23.5 Å². The van der Waals surface area contributed by atoms with Crippen LogP contribution in [-0.2, 0) is 4.79 Å². The Hall–Kier alpha value is -3.43. The van der Waals surface area contributed by atoms with Crippen molar-refractivity contribution in [2.24, 2.45) is 0 Å². The molecule has 0 bridgehead atoms. The van der Waals surface area contributed by atoms with Gasteiger partial charge in [0.2, 0.25) is 5.91 Å². The van der Waals surface area contributed by atoms with Crippen LogP contribution in [0.3, 0.4) is 0 Å². The maximum Gasteiger partial charge on any atom is 0.266 e. The Morgan fingerprint density at radius 3 is 2.72 bits per heavy atom. The second-order valence-electron chi connectivity index (χ2n) is 7.95. The molecule has 1 saturated heterocycles. The minimum atomic E-state index is -2.90. The van der Waals surface area contributed by atoms with Gasteiger partial charge in [-0.25, -0.2) is 28.1 Å². The van der Waals surface area contributed by atoms with E-state index in [9.17, 15) is 18.0 Å². The zero-order valence-electron chi connectivity index (χ0n) is 17.9. The Morgan fingerprint density at radius 2 is 2.00 bits per heavy atom. The number of rotatable bonds is 5. The van der Waals surface area contributed by atoms with Gasteiger partial charge in [0.05, 0.1) is 29.9 Å². The molecule has 1 fully saturated rings. The van der Waals surface area contributed by atoms with Gasteiger partial charge < -0.3 is 15.5 Å². The van der Waals surface area contributed by atoms with Crippen molar-refractivity contribution in [1.29, 1.82) is 0 Å². The smallest absolute Gasteiger partial charge is 0.266 e. The van der Waals surface area contributed by atoms with Crippen molar-refractivity contribution in [3.63, 3.8) is 0 Å². The Balaban J connectivity index is 1.70. The number of alkyl halides is 2. The number of anilines is 2. The number of nitrogens with zero attached hydrogens (tertiary/aromatic N) is 4. The molecular formula is C22H23F3N6O. The molecule has 2 aromatic heterocycles. The van der Waals surface area contributed by atoms with Crippen LogP contribution < -0.4 is 15.5 Å². The van der Waals surface area contributed by atoms with Gasteiger partial charge in [-0.2, -0.15) is 0 Å². The first-order valence-corrected chi connectivity index (χ1v) is 10.2. The van der Waals surface area contributed by atoms with E-state index in [0.29, 0.717) is 34.9 Å². The highest BCUT2D eigenvalue weighted by atomic mass is 19.3. The van der Waals surface area contributed by atoms with Gasteiger partial charge in [-0.1, -0.05) is 18.2 Å². The first-order valence-electron chi connectivity index (χ1n) is 10.2. The summed E-state index contributed by atoms with van der Waals surface area (Å²) in [4.78, 5) is 27.1. The first-order chi connectivity index (χ1) is 15.2. The third-order valence-electron chi connectivity index (χ3n) is 5.35. The molecule has 3 heterocycles. The summed E-state index contributed by atoms with van der Waals surface area (Å²) in [5.41, 5.74) is 0.0548. The van der Waals surface area contributed by atoms with Gasteiger partial charge in [-0.3, -0.25) is 4.79 Å². The molecule has 0 radical (unpaired) electrons. The van der Waals surface area contributed by atoms with Crippen LogP contribution in [0.25, 0.3) is 10.9 Å². The predicted octanol–water partition coefficient (Wildman–Crippen LogP) is 3.91. The fraction of sp³-hybridized carbons (Fsp3) is 0.364. The Kier molecular flexibility index (Phi) is 5.86. The number of hydrogen-bond donors (Lipinski definition) is 2. The molecule has 0 unspecified atom stereocenters. The van der Waals surface area contributed by atoms with Crippen LogP contribution in [0.1, 0.15) is 43.3 Å².